The summed E-state index contributed by atoms with van der Waals surface area (Å²) in [6.07, 6.45) is -1.57. The maximum atomic E-state index is 13.7. The van der Waals surface area contributed by atoms with E-state index in [4.69, 9.17) is 9.47 Å². The van der Waals surface area contributed by atoms with Crippen molar-refractivity contribution in [2.24, 2.45) is 0 Å². The summed E-state index contributed by atoms with van der Waals surface area (Å²) in [4.78, 5) is 13.3. The molecule has 0 aromatic heterocycles. The van der Waals surface area contributed by atoms with Gasteiger partial charge < -0.3 is 9.47 Å². The average Bonchev–Trinajstić information content (AvgIpc) is 3.27. The zero-order valence-electron chi connectivity index (χ0n) is 18.6. The summed E-state index contributed by atoms with van der Waals surface area (Å²) < 4.78 is 40.5. The minimum absolute atomic E-state index is 0.0909. The van der Waals surface area contributed by atoms with E-state index in [0.717, 1.165) is 11.1 Å². The van der Waals surface area contributed by atoms with Gasteiger partial charge in [-0.15, -0.1) is 0 Å². The molecular formula is C26H27NO5S. The summed E-state index contributed by atoms with van der Waals surface area (Å²) in [6.45, 7) is 3.90. The number of nitrogens with zero attached hydrogens (tertiary/aromatic N) is 1. The Morgan fingerprint density at radius 3 is 2.21 bits per heavy atom. The van der Waals surface area contributed by atoms with Gasteiger partial charge >= 0.3 is 5.97 Å². The second-order valence-electron chi connectivity index (χ2n) is 7.95. The summed E-state index contributed by atoms with van der Waals surface area (Å²) in [5.41, 5.74) is 2.44. The number of benzene rings is 3. The molecule has 3 atom stereocenters. The third kappa shape index (κ3) is 4.85. The predicted octanol–water partition coefficient (Wildman–Crippen LogP) is 4.43. The highest BCUT2D eigenvalue weighted by Crippen LogP contribution is 2.40. The van der Waals surface area contributed by atoms with Gasteiger partial charge in [-0.05, 0) is 37.1 Å². The summed E-state index contributed by atoms with van der Waals surface area (Å²) in [6, 6.07) is 25.2. The molecule has 7 heteroatoms. The Labute approximate surface area is 194 Å². The average molecular weight is 466 g/mol. The Bertz CT molecular complexity index is 1180. The van der Waals surface area contributed by atoms with E-state index in [2.05, 4.69) is 0 Å². The first kappa shape index (κ1) is 23.2. The van der Waals surface area contributed by atoms with Crippen LogP contribution in [0, 0.1) is 6.92 Å². The highest BCUT2D eigenvalue weighted by atomic mass is 32.2. The predicted molar refractivity (Wildman–Crippen MR) is 125 cm³/mol. The molecule has 1 saturated heterocycles. The van der Waals surface area contributed by atoms with Crippen LogP contribution < -0.4 is 0 Å². The van der Waals surface area contributed by atoms with Crippen molar-refractivity contribution in [3.8, 4) is 0 Å². The number of ether oxygens (including phenoxy) is 2. The zero-order chi connectivity index (χ0) is 23.4. The third-order valence-corrected chi connectivity index (χ3v) is 7.56. The van der Waals surface area contributed by atoms with Crippen molar-refractivity contribution in [2.45, 2.75) is 37.0 Å². The van der Waals surface area contributed by atoms with Crippen molar-refractivity contribution in [3.05, 3.63) is 102 Å². The topological polar surface area (TPSA) is 72.9 Å². The van der Waals surface area contributed by atoms with Gasteiger partial charge in [0.15, 0.2) is 0 Å². The van der Waals surface area contributed by atoms with Crippen LogP contribution in [0.2, 0.25) is 0 Å². The van der Waals surface area contributed by atoms with E-state index in [1.54, 1.807) is 43.3 Å². The maximum absolute atomic E-state index is 13.7. The van der Waals surface area contributed by atoms with Gasteiger partial charge in [0.05, 0.1) is 17.6 Å². The summed E-state index contributed by atoms with van der Waals surface area (Å²) in [5, 5.41) is 0. The lowest BCUT2D eigenvalue weighted by Gasteiger charge is -2.28. The summed E-state index contributed by atoms with van der Waals surface area (Å²) in [5.74, 6) is -1.45. The monoisotopic (exact) mass is 465 g/mol. The molecular weight excluding hydrogens is 438 g/mol. The standard InChI is InChI=1S/C26H27NO5S/c1-3-31-26(28)24(21-12-8-5-9-13-21)25-27(18-23(32-25)20-10-6-4-7-11-20)33(29,30)22-16-14-19(2)15-17-22/h4-17,23-25H,3,18H2,1-2H3/t23-,24+,25-/m0/s1. The molecule has 33 heavy (non-hydrogen) atoms. The molecule has 0 N–H and O–H groups in total. The fraction of sp³-hybridized carbons (Fsp3) is 0.269. The van der Waals surface area contributed by atoms with Crippen LogP contribution in [0.4, 0.5) is 0 Å². The number of esters is 1. The first-order chi connectivity index (χ1) is 15.9. The fourth-order valence-electron chi connectivity index (χ4n) is 4.03. The Morgan fingerprint density at radius 1 is 1.00 bits per heavy atom. The second kappa shape index (κ2) is 9.87. The lowest BCUT2D eigenvalue weighted by Crippen LogP contribution is -2.42. The maximum Gasteiger partial charge on any atom is 0.317 e. The SMILES string of the molecule is CCOC(=O)[C@H](c1ccccc1)[C@@H]1O[C@H](c2ccccc2)CN1S(=O)(=O)c1ccc(C)cc1. The van der Waals surface area contributed by atoms with E-state index in [1.165, 1.54) is 4.31 Å². The Balaban J connectivity index is 1.80. The van der Waals surface area contributed by atoms with Gasteiger partial charge in [-0.1, -0.05) is 78.4 Å². The first-order valence-corrected chi connectivity index (χ1v) is 12.4. The quantitative estimate of drug-likeness (QED) is 0.483. The van der Waals surface area contributed by atoms with Crippen LogP contribution in [-0.4, -0.2) is 38.1 Å². The number of hydrogen-bond donors (Lipinski definition) is 0. The second-order valence-corrected chi connectivity index (χ2v) is 9.84. The van der Waals surface area contributed by atoms with Gasteiger partial charge in [-0.25, -0.2) is 8.42 Å². The van der Waals surface area contributed by atoms with Crippen molar-refractivity contribution in [2.75, 3.05) is 13.2 Å². The molecule has 3 aromatic rings. The van der Waals surface area contributed by atoms with Crippen LogP contribution in [-0.2, 0) is 24.3 Å². The van der Waals surface area contributed by atoms with Crippen LogP contribution in [0.5, 0.6) is 0 Å². The minimum atomic E-state index is -3.95. The molecule has 0 radical (unpaired) electrons. The largest absolute Gasteiger partial charge is 0.465 e. The van der Waals surface area contributed by atoms with Crippen molar-refractivity contribution in [3.63, 3.8) is 0 Å². The van der Waals surface area contributed by atoms with Crippen molar-refractivity contribution < 1.29 is 22.7 Å². The van der Waals surface area contributed by atoms with Crippen LogP contribution in [0.25, 0.3) is 0 Å². The van der Waals surface area contributed by atoms with Gasteiger partial charge in [0.25, 0.3) is 0 Å². The molecule has 1 fully saturated rings. The van der Waals surface area contributed by atoms with E-state index in [9.17, 15) is 13.2 Å². The minimum Gasteiger partial charge on any atom is -0.465 e. The number of rotatable bonds is 7. The highest BCUT2D eigenvalue weighted by Gasteiger charge is 2.48. The Kier molecular flexibility index (Phi) is 6.93. The fourth-order valence-corrected chi connectivity index (χ4v) is 5.56. The van der Waals surface area contributed by atoms with Crippen LogP contribution in [0.15, 0.2) is 89.8 Å². The molecule has 0 aliphatic carbocycles. The Morgan fingerprint density at radius 2 is 1.61 bits per heavy atom. The molecule has 0 amide bonds. The first-order valence-electron chi connectivity index (χ1n) is 10.9. The Hall–Kier alpha value is -3.00. The van der Waals surface area contributed by atoms with Gasteiger partial charge in [0.1, 0.15) is 12.1 Å². The van der Waals surface area contributed by atoms with Crippen molar-refractivity contribution in [1.82, 2.24) is 4.31 Å². The van der Waals surface area contributed by atoms with Crippen LogP contribution in [0.1, 0.15) is 35.6 Å². The highest BCUT2D eigenvalue weighted by molar-refractivity contribution is 7.89. The van der Waals surface area contributed by atoms with Crippen LogP contribution in [0.3, 0.4) is 0 Å². The molecule has 1 aliphatic rings. The number of sulfonamides is 1. The van der Waals surface area contributed by atoms with Gasteiger partial charge in [0.2, 0.25) is 10.0 Å². The molecule has 0 saturated carbocycles. The van der Waals surface area contributed by atoms with E-state index < -0.39 is 34.2 Å². The number of hydrogen-bond acceptors (Lipinski definition) is 5. The van der Waals surface area contributed by atoms with Crippen molar-refractivity contribution >= 4 is 16.0 Å². The molecule has 0 bridgehead atoms. The third-order valence-electron chi connectivity index (χ3n) is 5.72. The van der Waals surface area contributed by atoms with E-state index >= 15 is 0 Å². The van der Waals surface area contributed by atoms with E-state index in [-0.39, 0.29) is 18.0 Å². The molecule has 172 valence electrons. The summed E-state index contributed by atoms with van der Waals surface area (Å²) >= 11 is 0. The van der Waals surface area contributed by atoms with Gasteiger partial charge in [-0.2, -0.15) is 4.31 Å². The molecule has 6 nitrogen and oxygen atoms in total. The normalized spacial score (nSPS) is 19.8. The molecule has 0 unspecified atom stereocenters. The van der Waals surface area contributed by atoms with E-state index in [1.807, 2.05) is 55.5 Å². The molecule has 0 spiro atoms. The number of carbonyl (C=O) groups is 1. The lowest BCUT2D eigenvalue weighted by atomic mass is 9.97. The van der Waals surface area contributed by atoms with E-state index in [0.29, 0.717) is 5.56 Å². The molecule has 1 heterocycles. The molecule has 3 aromatic carbocycles. The summed E-state index contributed by atoms with van der Waals surface area (Å²) in [7, 11) is -3.95. The molecule has 1 aliphatic heterocycles. The van der Waals surface area contributed by atoms with Gasteiger partial charge in [0, 0.05) is 6.54 Å². The van der Waals surface area contributed by atoms with Crippen molar-refractivity contribution in [1.29, 1.82) is 0 Å². The van der Waals surface area contributed by atoms with Gasteiger partial charge in [-0.3, -0.25) is 4.79 Å². The zero-order valence-corrected chi connectivity index (χ0v) is 19.4. The number of aryl methyl sites for hydroxylation is 1. The number of carbonyl (C=O) groups excluding carboxylic acids is 1. The smallest absolute Gasteiger partial charge is 0.317 e. The van der Waals surface area contributed by atoms with Crippen LogP contribution >= 0.6 is 0 Å². The lowest BCUT2D eigenvalue weighted by molar-refractivity contribution is -0.150. The molecule has 4 rings (SSSR count).